The molecule has 0 spiro atoms. The fourth-order valence-corrected chi connectivity index (χ4v) is 2.35. The quantitative estimate of drug-likeness (QED) is 0.477. The first kappa shape index (κ1) is 18.4. The van der Waals surface area contributed by atoms with Crippen molar-refractivity contribution in [2.75, 3.05) is 6.61 Å². The Morgan fingerprint density at radius 2 is 1.96 bits per heavy atom. The van der Waals surface area contributed by atoms with E-state index in [4.69, 9.17) is 9.47 Å². The van der Waals surface area contributed by atoms with Crippen LogP contribution in [-0.4, -0.2) is 33.8 Å². The van der Waals surface area contributed by atoms with Gasteiger partial charge in [0, 0.05) is 22.1 Å². The van der Waals surface area contributed by atoms with Gasteiger partial charge in [-0.2, -0.15) is 0 Å². The Morgan fingerprint density at radius 3 is 2.52 bits per heavy atom. The average Bonchev–Trinajstić information content (AvgIpc) is 2.88. The molecule has 0 saturated carbocycles. The highest BCUT2D eigenvalue weighted by molar-refractivity contribution is 5.90. The Hall–Kier alpha value is -2.90. The summed E-state index contributed by atoms with van der Waals surface area (Å²) < 4.78 is 11.4. The summed E-state index contributed by atoms with van der Waals surface area (Å²) in [5, 5.41) is 12.0. The third kappa shape index (κ3) is 4.14. The van der Waals surface area contributed by atoms with Gasteiger partial charge < -0.3 is 9.47 Å². The first-order valence-corrected chi connectivity index (χ1v) is 7.78. The van der Waals surface area contributed by atoms with Crippen LogP contribution in [0.15, 0.2) is 30.5 Å². The number of aromatic nitrogens is 1. The van der Waals surface area contributed by atoms with Crippen LogP contribution in [0.1, 0.15) is 39.3 Å². The molecule has 0 aliphatic rings. The van der Waals surface area contributed by atoms with Gasteiger partial charge in [0.15, 0.2) is 0 Å². The van der Waals surface area contributed by atoms with Crippen LogP contribution in [0.25, 0.3) is 10.9 Å². The number of nitro groups is 1. The number of rotatable bonds is 4. The van der Waals surface area contributed by atoms with Crippen LogP contribution in [0.2, 0.25) is 0 Å². The molecule has 0 bridgehead atoms. The van der Waals surface area contributed by atoms with Gasteiger partial charge in [-0.25, -0.2) is 9.59 Å². The molecule has 0 aliphatic heterocycles. The summed E-state index contributed by atoms with van der Waals surface area (Å²) >= 11 is 0. The molecule has 0 amide bonds. The van der Waals surface area contributed by atoms with Gasteiger partial charge in [0.25, 0.3) is 0 Å². The van der Waals surface area contributed by atoms with E-state index in [1.54, 1.807) is 39.8 Å². The highest BCUT2D eigenvalue weighted by Gasteiger charge is 2.34. The fourth-order valence-electron chi connectivity index (χ4n) is 2.35. The van der Waals surface area contributed by atoms with Crippen molar-refractivity contribution >= 4 is 23.0 Å². The molecule has 25 heavy (non-hydrogen) atoms. The Morgan fingerprint density at radius 1 is 1.28 bits per heavy atom. The van der Waals surface area contributed by atoms with Gasteiger partial charge in [-0.15, -0.1) is 0 Å². The lowest BCUT2D eigenvalue weighted by Crippen LogP contribution is -2.27. The van der Waals surface area contributed by atoms with Crippen LogP contribution in [0.3, 0.4) is 0 Å². The van der Waals surface area contributed by atoms with E-state index in [-0.39, 0.29) is 12.2 Å². The molecule has 8 heteroatoms. The van der Waals surface area contributed by atoms with Crippen molar-refractivity contribution in [3.63, 3.8) is 0 Å². The highest BCUT2D eigenvalue weighted by Crippen LogP contribution is 2.25. The average molecular weight is 348 g/mol. The molecule has 134 valence electrons. The van der Waals surface area contributed by atoms with Crippen LogP contribution < -0.4 is 0 Å². The van der Waals surface area contributed by atoms with Crippen molar-refractivity contribution in [3.05, 3.63) is 46.1 Å². The number of benzene rings is 1. The number of nitrogens with zero attached hydrogens (tertiary/aromatic N) is 2. The number of fused-ring (bicyclic) bond motifs is 1. The summed E-state index contributed by atoms with van der Waals surface area (Å²) in [4.78, 5) is 34.8. The first-order chi connectivity index (χ1) is 11.6. The van der Waals surface area contributed by atoms with Crippen molar-refractivity contribution in [1.29, 1.82) is 0 Å². The number of esters is 1. The standard InChI is InChI=1S/C17H20N2O6/c1-5-24-15(20)14(19(22)23)12-7-6-11-8-9-18(13(11)10-12)16(21)25-17(2,3)4/h6-10,14H,5H2,1-4H3. The van der Waals surface area contributed by atoms with E-state index < -0.39 is 28.6 Å². The number of carbonyl (C=O) groups excluding carboxylic acids is 2. The van der Waals surface area contributed by atoms with E-state index in [9.17, 15) is 19.7 Å². The van der Waals surface area contributed by atoms with E-state index >= 15 is 0 Å². The van der Waals surface area contributed by atoms with Gasteiger partial charge in [0.2, 0.25) is 0 Å². The molecule has 0 fully saturated rings. The first-order valence-electron chi connectivity index (χ1n) is 7.78. The van der Waals surface area contributed by atoms with E-state index in [2.05, 4.69) is 0 Å². The maximum absolute atomic E-state index is 12.3. The Bertz CT molecular complexity index is 818. The second-order valence-electron chi connectivity index (χ2n) is 6.42. The van der Waals surface area contributed by atoms with Crippen LogP contribution in [0.4, 0.5) is 4.79 Å². The topological polar surface area (TPSA) is 101 Å². The van der Waals surface area contributed by atoms with Crippen LogP contribution in [0, 0.1) is 10.1 Å². The van der Waals surface area contributed by atoms with Gasteiger partial charge in [-0.1, -0.05) is 12.1 Å². The van der Waals surface area contributed by atoms with Gasteiger partial charge in [0.05, 0.1) is 12.1 Å². The molecule has 1 heterocycles. The van der Waals surface area contributed by atoms with Gasteiger partial charge in [0.1, 0.15) is 5.60 Å². The lowest BCUT2D eigenvalue weighted by atomic mass is 10.1. The molecule has 2 aromatic rings. The molecule has 1 atom stereocenters. The van der Waals surface area contributed by atoms with E-state index in [1.807, 2.05) is 0 Å². The van der Waals surface area contributed by atoms with E-state index in [0.29, 0.717) is 10.9 Å². The zero-order valence-electron chi connectivity index (χ0n) is 14.5. The Balaban J connectivity index is 2.47. The Labute approximate surface area is 144 Å². The maximum Gasteiger partial charge on any atom is 0.418 e. The van der Waals surface area contributed by atoms with Crippen molar-refractivity contribution in [3.8, 4) is 0 Å². The summed E-state index contributed by atoms with van der Waals surface area (Å²) in [7, 11) is 0. The molecule has 2 rings (SSSR count). The highest BCUT2D eigenvalue weighted by atomic mass is 16.6. The van der Waals surface area contributed by atoms with Gasteiger partial charge >= 0.3 is 18.1 Å². The predicted octanol–water partition coefficient (Wildman–Crippen LogP) is 3.31. The van der Waals surface area contributed by atoms with Crippen molar-refractivity contribution in [2.24, 2.45) is 0 Å². The molecule has 1 aromatic heterocycles. The molecule has 0 aliphatic carbocycles. The van der Waals surface area contributed by atoms with Crippen molar-refractivity contribution < 1.29 is 24.0 Å². The van der Waals surface area contributed by atoms with Crippen molar-refractivity contribution in [2.45, 2.75) is 39.3 Å². The summed E-state index contributed by atoms with van der Waals surface area (Å²) in [5.74, 6) is -0.942. The zero-order chi connectivity index (χ0) is 18.8. The summed E-state index contributed by atoms with van der Waals surface area (Å²) in [5.41, 5.74) is -0.123. The number of hydrogen-bond donors (Lipinski definition) is 0. The van der Waals surface area contributed by atoms with E-state index in [0.717, 1.165) is 0 Å². The predicted molar refractivity (Wildman–Crippen MR) is 89.9 cm³/mol. The van der Waals surface area contributed by atoms with Crippen LogP contribution in [0.5, 0.6) is 0 Å². The summed E-state index contributed by atoms with van der Waals surface area (Å²) in [6.45, 7) is 6.84. The lowest BCUT2D eigenvalue weighted by Gasteiger charge is -2.19. The zero-order valence-corrected chi connectivity index (χ0v) is 14.5. The maximum atomic E-state index is 12.3. The minimum Gasteiger partial charge on any atom is -0.461 e. The second-order valence-corrected chi connectivity index (χ2v) is 6.42. The lowest BCUT2D eigenvalue weighted by molar-refractivity contribution is -0.516. The van der Waals surface area contributed by atoms with Gasteiger partial charge in [-0.3, -0.25) is 14.7 Å². The molecular formula is C17H20N2O6. The normalized spacial score (nSPS) is 12.6. The largest absolute Gasteiger partial charge is 0.461 e. The minimum absolute atomic E-state index is 0.0414. The van der Waals surface area contributed by atoms with Crippen LogP contribution in [-0.2, 0) is 14.3 Å². The molecule has 0 N–H and O–H groups in total. The molecule has 0 saturated heterocycles. The smallest absolute Gasteiger partial charge is 0.418 e. The molecule has 8 nitrogen and oxygen atoms in total. The van der Waals surface area contributed by atoms with Crippen molar-refractivity contribution in [1.82, 2.24) is 4.57 Å². The van der Waals surface area contributed by atoms with Gasteiger partial charge in [-0.05, 0) is 39.8 Å². The fraction of sp³-hybridized carbons (Fsp3) is 0.412. The SMILES string of the molecule is CCOC(=O)C(c1ccc2ccn(C(=O)OC(C)(C)C)c2c1)[N+](=O)[O-]. The minimum atomic E-state index is -1.65. The molecule has 1 unspecified atom stereocenters. The number of carbonyl (C=O) groups is 2. The summed E-state index contributed by atoms with van der Waals surface area (Å²) in [6.07, 6.45) is 0.919. The Kier molecular flexibility index (Phi) is 5.10. The number of hydrogen-bond acceptors (Lipinski definition) is 6. The molecule has 0 radical (unpaired) electrons. The third-order valence-corrected chi connectivity index (χ3v) is 3.34. The summed E-state index contributed by atoms with van der Waals surface area (Å²) in [6, 6.07) is 4.57. The van der Waals surface area contributed by atoms with E-state index in [1.165, 1.54) is 22.9 Å². The second kappa shape index (κ2) is 6.92. The third-order valence-electron chi connectivity index (χ3n) is 3.34. The molecular weight excluding hydrogens is 328 g/mol. The number of ether oxygens (including phenoxy) is 2. The molecule has 1 aromatic carbocycles. The van der Waals surface area contributed by atoms with Crippen LogP contribution >= 0.6 is 0 Å². The monoisotopic (exact) mass is 348 g/mol.